The molecule has 2 rings (SSSR count). The van der Waals surface area contributed by atoms with E-state index in [2.05, 4.69) is 17.1 Å². The fraction of sp³-hybridized carbons (Fsp3) is 1.00. The molecule has 2 N–H and O–H groups in total. The molecule has 2 atom stereocenters. The normalized spacial score (nSPS) is 24.9. The number of hydrogen-bond acceptors (Lipinski definition) is 4. The highest BCUT2D eigenvalue weighted by Gasteiger charge is 2.17. The van der Waals surface area contributed by atoms with Crippen molar-refractivity contribution in [2.24, 2.45) is 0 Å². The number of hydrogen-bond donors (Lipinski definition) is 2. The zero-order valence-electron chi connectivity index (χ0n) is 13.0. The third-order valence-electron chi connectivity index (χ3n) is 4.51. The van der Waals surface area contributed by atoms with Gasteiger partial charge in [0, 0.05) is 19.1 Å². The molecule has 0 radical (unpaired) electrons. The maximum atomic E-state index is 9.99. The molecular formula is C16H32N2O2. The number of aliphatic hydroxyl groups excluding tert-OH is 1. The molecule has 4 heteroatoms. The van der Waals surface area contributed by atoms with Gasteiger partial charge in [-0.2, -0.15) is 0 Å². The number of likely N-dealkylation sites (tertiary alicyclic amines) is 1. The van der Waals surface area contributed by atoms with Gasteiger partial charge in [-0.05, 0) is 45.7 Å². The Kier molecular flexibility index (Phi) is 7.28. The lowest BCUT2D eigenvalue weighted by Gasteiger charge is -2.25. The molecule has 0 bridgehead atoms. The monoisotopic (exact) mass is 284 g/mol. The maximum Gasteiger partial charge on any atom is 0.0897 e. The largest absolute Gasteiger partial charge is 0.389 e. The van der Waals surface area contributed by atoms with Crippen LogP contribution in [-0.4, -0.2) is 61.0 Å². The molecule has 1 aliphatic carbocycles. The van der Waals surface area contributed by atoms with Gasteiger partial charge in [0.05, 0.1) is 18.8 Å². The molecule has 2 fully saturated rings. The second-order valence-electron chi connectivity index (χ2n) is 6.56. The summed E-state index contributed by atoms with van der Waals surface area (Å²) in [7, 11) is 0. The Morgan fingerprint density at radius 3 is 2.55 bits per heavy atom. The van der Waals surface area contributed by atoms with Gasteiger partial charge in [-0.15, -0.1) is 0 Å². The van der Waals surface area contributed by atoms with E-state index < -0.39 is 0 Å². The standard InChI is InChI=1S/C16H32N2O2/c1-14(12-18-9-5-6-10-18)17-11-15(19)13-20-16-7-3-2-4-8-16/h14-17,19H,2-13H2,1H3. The third-order valence-corrected chi connectivity index (χ3v) is 4.51. The van der Waals surface area contributed by atoms with E-state index in [0.29, 0.717) is 25.3 Å². The smallest absolute Gasteiger partial charge is 0.0897 e. The van der Waals surface area contributed by atoms with E-state index in [1.807, 2.05) is 0 Å². The highest BCUT2D eigenvalue weighted by atomic mass is 16.5. The van der Waals surface area contributed by atoms with E-state index in [4.69, 9.17) is 4.74 Å². The van der Waals surface area contributed by atoms with Crippen LogP contribution in [0.1, 0.15) is 51.9 Å². The van der Waals surface area contributed by atoms with Crippen LogP contribution in [0.15, 0.2) is 0 Å². The Morgan fingerprint density at radius 1 is 1.15 bits per heavy atom. The van der Waals surface area contributed by atoms with Crippen LogP contribution in [0.2, 0.25) is 0 Å². The summed E-state index contributed by atoms with van der Waals surface area (Å²) in [5.74, 6) is 0. The van der Waals surface area contributed by atoms with Crippen molar-refractivity contribution in [1.82, 2.24) is 10.2 Å². The molecule has 20 heavy (non-hydrogen) atoms. The van der Waals surface area contributed by atoms with Gasteiger partial charge in [0.25, 0.3) is 0 Å². The van der Waals surface area contributed by atoms with E-state index >= 15 is 0 Å². The topological polar surface area (TPSA) is 44.7 Å². The Bertz CT molecular complexity index is 251. The van der Waals surface area contributed by atoms with Gasteiger partial charge < -0.3 is 20.1 Å². The minimum absolute atomic E-state index is 0.377. The van der Waals surface area contributed by atoms with E-state index in [1.54, 1.807) is 0 Å². The van der Waals surface area contributed by atoms with Gasteiger partial charge in [-0.1, -0.05) is 19.3 Å². The molecule has 1 heterocycles. The Balaban J connectivity index is 1.51. The van der Waals surface area contributed by atoms with Crippen molar-refractivity contribution in [3.63, 3.8) is 0 Å². The minimum Gasteiger partial charge on any atom is -0.389 e. The first-order chi connectivity index (χ1) is 9.74. The zero-order chi connectivity index (χ0) is 14.2. The van der Waals surface area contributed by atoms with Crippen LogP contribution < -0.4 is 5.32 Å². The number of ether oxygens (including phenoxy) is 1. The summed E-state index contributed by atoms with van der Waals surface area (Å²) in [5, 5.41) is 13.4. The third kappa shape index (κ3) is 6.08. The molecule has 0 aromatic carbocycles. The summed E-state index contributed by atoms with van der Waals surface area (Å²) >= 11 is 0. The SMILES string of the molecule is CC(CN1CCCC1)NCC(O)COC1CCCCC1. The summed E-state index contributed by atoms with van der Waals surface area (Å²) in [6, 6.07) is 0.442. The number of nitrogens with one attached hydrogen (secondary N) is 1. The Hall–Kier alpha value is -0.160. The lowest BCUT2D eigenvalue weighted by atomic mass is 9.98. The second kappa shape index (κ2) is 8.98. The van der Waals surface area contributed by atoms with Gasteiger partial charge in [0.1, 0.15) is 0 Å². The molecular weight excluding hydrogens is 252 g/mol. The molecule has 0 aromatic rings. The summed E-state index contributed by atoms with van der Waals surface area (Å²) in [4.78, 5) is 2.50. The van der Waals surface area contributed by atoms with Crippen molar-refractivity contribution in [2.45, 2.75) is 70.1 Å². The molecule has 2 unspecified atom stereocenters. The number of aliphatic hydroxyl groups is 1. The van der Waals surface area contributed by atoms with Crippen LogP contribution in [0.25, 0.3) is 0 Å². The first-order valence-corrected chi connectivity index (χ1v) is 8.49. The Morgan fingerprint density at radius 2 is 1.85 bits per heavy atom. The molecule has 0 amide bonds. The van der Waals surface area contributed by atoms with Crippen LogP contribution in [-0.2, 0) is 4.74 Å². The van der Waals surface area contributed by atoms with Crippen molar-refractivity contribution in [2.75, 3.05) is 32.8 Å². The summed E-state index contributed by atoms with van der Waals surface area (Å²) in [6.07, 6.45) is 8.94. The molecule has 1 saturated heterocycles. The van der Waals surface area contributed by atoms with Crippen LogP contribution in [0.4, 0.5) is 0 Å². The van der Waals surface area contributed by atoms with Gasteiger partial charge in [-0.3, -0.25) is 0 Å². The predicted molar refractivity (Wildman–Crippen MR) is 82.0 cm³/mol. The first kappa shape index (κ1) is 16.2. The number of nitrogens with zero attached hydrogens (tertiary/aromatic N) is 1. The molecule has 4 nitrogen and oxygen atoms in total. The van der Waals surface area contributed by atoms with Gasteiger partial charge >= 0.3 is 0 Å². The van der Waals surface area contributed by atoms with Gasteiger partial charge in [-0.25, -0.2) is 0 Å². The molecule has 2 aliphatic rings. The molecule has 1 saturated carbocycles. The minimum atomic E-state index is -0.377. The molecule has 1 aliphatic heterocycles. The maximum absolute atomic E-state index is 9.99. The van der Waals surface area contributed by atoms with E-state index in [1.165, 1.54) is 58.0 Å². The van der Waals surface area contributed by atoms with Crippen molar-refractivity contribution in [1.29, 1.82) is 0 Å². The van der Waals surface area contributed by atoms with Crippen molar-refractivity contribution < 1.29 is 9.84 Å². The highest BCUT2D eigenvalue weighted by molar-refractivity contribution is 4.74. The first-order valence-electron chi connectivity index (χ1n) is 8.49. The van der Waals surface area contributed by atoms with E-state index in [9.17, 15) is 5.11 Å². The molecule has 0 aromatic heterocycles. The highest BCUT2D eigenvalue weighted by Crippen LogP contribution is 2.20. The van der Waals surface area contributed by atoms with Crippen LogP contribution >= 0.6 is 0 Å². The van der Waals surface area contributed by atoms with Crippen molar-refractivity contribution in [3.05, 3.63) is 0 Å². The van der Waals surface area contributed by atoms with Crippen molar-refractivity contribution in [3.8, 4) is 0 Å². The molecule has 0 spiro atoms. The zero-order valence-corrected chi connectivity index (χ0v) is 13.0. The van der Waals surface area contributed by atoms with Gasteiger partial charge in [0.15, 0.2) is 0 Å². The second-order valence-corrected chi connectivity index (χ2v) is 6.56. The summed E-state index contributed by atoms with van der Waals surface area (Å²) in [6.45, 7) is 6.89. The summed E-state index contributed by atoms with van der Waals surface area (Å²) < 4.78 is 5.81. The average Bonchev–Trinajstić information content (AvgIpc) is 2.97. The average molecular weight is 284 g/mol. The van der Waals surface area contributed by atoms with E-state index in [0.717, 1.165) is 6.54 Å². The lowest BCUT2D eigenvalue weighted by molar-refractivity contribution is -0.0236. The fourth-order valence-electron chi connectivity index (χ4n) is 3.29. The van der Waals surface area contributed by atoms with Crippen LogP contribution in [0, 0.1) is 0 Å². The Labute approximate surface area is 123 Å². The van der Waals surface area contributed by atoms with Crippen molar-refractivity contribution >= 4 is 0 Å². The van der Waals surface area contributed by atoms with E-state index in [-0.39, 0.29) is 6.10 Å². The summed E-state index contributed by atoms with van der Waals surface area (Å²) in [5.41, 5.74) is 0. The number of rotatable bonds is 8. The van der Waals surface area contributed by atoms with Crippen LogP contribution in [0.3, 0.4) is 0 Å². The fourth-order valence-corrected chi connectivity index (χ4v) is 3.29. The lowest BCUT2D eigenvalue weighted by Crippen LogP contribution is -2.42. The van der Waals surface area contributed by atoms with Gasteiger partial charge in [0.2, 0.25) is 0 Å². The molecule has 118 valence electrons. The quantitative estimate of drug-likeness (QED) is 0.713. The van der Waals surface area contributed by atoms with Crippen LogP contribution in [0.5, 0.6) is 0 Å². The predicted octanol–water partition coefficient (Wildman–Crippen LogP) is 1.77.